The van der Waals surface area contributed by atoms with Gasteiger partial charge in [-0.15, -0.1) is 11.3 Å². The van der Waals surface area contributed by atoms with Crippen LogP contribution in [0, 0.1) is 6.92 Å². The fraction of sp³-hybridized carbons (Fsp3) is 0.538. The van der Waals surface area contributed by atoms with Crippen molar-refractivity contribution in [3.63, 3.8) is 0 Å². The number of anilines is 1. The minimum Gasteiger partial charge on any atom is -0.381 e. The lowest BCUT2D eigenvalue weighted by molar-refractivity contribution is 0.108. The Bertz CT molecular complexity index is 554. The summed E-state index contributed by atoms with van der Waals surface area (Å²) in [6, 6.07) is 2.62. The standard InChI is InChI=1S/C13H17N3OS/c1-8-5-11-12(14-7-15-13(11)18-8)16-9-3-4-10(6-9)17-2/h5,7,9-10H,3-4,6H2,1-2H3,(H,14,15,16). The highest BCUT2D eigenvalue weighted by Gasteiger charge is 2.25. The highest BCUT2D eigenvalue weighted by molar-refractivity contribution is 7.18. The van der Waals surface area contributed by atoms with Gasteiger partial charge in [0, 0.05) is 18.0 Å². The van der Waals surface area contributed by atoms with Crippen molar-refractivity contribution >= 4 is 27.4 Å². The molecule has 0 aromatic carbocycles. The van der Waals surface area contributed by atoms with E-state index < -0.39 is 0 Å². The van der Waals surface area contributed by atoms with Crippen molar-refractivity contribution in [3.05, 3.63) is 17.3 Å². The van der Waals surface area contributed by atoms with Gasteiger partial charge in [0.2, 0.25) is 0 Å². The van der Waals surface area contributed by atoms with Crippen molar-refractivity contribution in [2.24, 2.45) is 0 Å². The van der Waals surface area contributed by atoms with Crippen LogP contribution in [0.25, 0.3) is 10.2 Å². The Morgan fingerprint density at radius 2 is 2.28 bits per heavy atom. The largest absolute Gasteiger partial charge is 0.381 e. The molecular weight excluding hydrogens is 246 g/mol. The molecule has 0 bridgehead atoms. The molecule has 96 valence electrons. The number of rotatable bonds is 3. The Kier molecular flexibility index (Phi) is 3.18. The lowest BCUT2D eigenvalue weighted by atomic mass is 10.2. The zero-order valence-corrected chi connectivity index (χ0v) is 11.5. The first kappa shape index (κ1) is 11.9. The van der Waals surface area contributed by atoms with Crippen molar-refractivity contribution in [3.8, 4) is 0 Å². The van der Waals surface area contributed by atoms with Gasteiger partial charge in [0.25, 0.3) is 0 Å². The molecule has 0 saturated heterocycles. The van der Waals surface area contributed by atoms with Crippen molar-refractivity contribution < 1.29 is 4.74 Å². The third-order valence-corrected chi connectivity index (χ3v) is 4.47. The van der Waals surface area contributed by atoms with E-state index in [2.05, 4.69) is 28.3 Å². The molecule has 2 aromatic rings. The van der Waals surface area contributed by atoms with E-state index >= 15 is 0 Å². The van der Waals surface area contributed by atoms with E-state index in [0.29, 0.717) is 12.1 Å². The second-order valence-corrected chi connectivity index (χ2v) is 6.04. The molecule has 5 heteroatoms. The number of thiophene rings is 1. The van der Waals surface area contributed by atoms with Crippen LogP contribution in [0.15, 0.2) is 12.4 Å². The predicted molar refractivity (Wildman–Crippen MR) is 74.2 cm³/mol. The summed E-state index contributed by atoms with van der Waals surface area (Å²) < 4.78 is 5.40. The Hall–Kier alpha value is -1.20. The van der Waals surface area contributed by atoms with Crippen molar-refractivity contribution in [1.29, 1.82) is 0 Å². The van der Waals surface area contributed by atoms with Crippen molar-refractivity contribution in [2.75, 3.05) is 12.4 Å². The van der Waals surface area contributed by atoms with E-state index in [0.717, 1.165) is 35.3 Å². The summed E-state index contributed by atoms with van der Waals surface area (Å²) in [5.41, 5.74) is 0. The summed E-state index contributed by atoms with van der Waals surface area (Å²) in [6.45, 7) is 2.10. The topological polar surface area (TPSA) is 47.0 Å². The maximum atomic E-state index is 5.40. The van der Waals surface area contributed by atoms with Crippen LogP contribution in [-0.2, 0) is 4.74 Å². The molecule has 1 N–H and O–H groups in total. The minimum absolute atomic E-state index is 0.393. The SMILES string of the molecule is COC1CCC(Nc2ncnc3sc(C)cc23)C1. The molecule has 1 aliphatic carbocycles. The molecule has 2 heterocycles. The Labute approximate surface area is 110 Å². The number of hydrogen-bond donors (Lipinski definition) is 1. The van der Waals surface area contributed by atoms with Gasteiger partial charge in [0.05, 0.1) is 11.5 Å². The van der Waals surface area contributed by atoms with Gasteiger partial charge in [-0.1, -0.05) is 0 Å². The minimum atomic E-state index is 0.393. The number of aromatic nitrogens is 2. The van der Waals surface area contributed by atoms with E-state index in [1.54, 1.807) is 24.8 Å². The summed E-state index contributed by atoms with van der Waals surface area (Å²) in [7, 11) is 1.79. The van der Waals surface area contributed by atoms with Gasteiger partial charge < -0.3 is 10.1 Å². The number of nitrogens with one attached hydrogen (secondary N) is 1. The van der Waals surface area contributed by atoms with Crippen LogP contribution in [0.1, 0.15) is 24.1 Å². The molecule has 2 atom stereocenters. The second kappa shape index (κ2) is 4.82. The molecule has 2 unspecified atom stereocenters. The smallest absolute Gasteiger partial charge is 0.138 e. The fourth-order valence-corrected chi connectivity index (χ4v) is 3.42. The molecule has 1 saturated carbocycles. The van der Waals surface area contributed by atoms with E-state index in [4.69, 9.17) is 4.74 Å². The van der Waals surface area contributed by atoms with E-state index in [-0.39, 0.29) is 0 Å². The number of methoxy groups -OCH3 is 1. The number of ether oxygens (including phenoxy) is 1. The second-order valence-electron chi connectivity index (χ2n) is 4.81. The van der Waals surface area contributed by atoms with Crippen molar-refractivity contribution in [1.82, 2.24) is 9.97 Å². The summed E-state index contributed by atoms with van der Waals surface area (Å²) in [5, 5.41) is 4.68. The van der Waals surface area contributed by atoms with Gasteiger partial charge in [-0.3, -0.25) is 0 Å². The van der Waals surface area contributed by atoms with Crippen LogP contribution in [0.2, 0.25) is 0 Å². The Morgan fingerprint density at radius 1 is 1.39 bits per heavy atom. The summed E-state index contributed by atoms with van der Waals surface area (Å²) in [6.07, 6.45) is 5.37. The highest BCUT2D eigenvalue weighted by Crippen LogP contribution is 2.30. The monoisotopic (exact) mass is 263 g/mol. The average Bonchev–Trinajstić information content (AvgIpc) is 2.95. The van der Waals surface area contributed by atoms with Crippen LogP contribution >= 0.6 is 11.3 Å². The Balaban J connectivity index is 1.82. The van der Waals surface area contributed by atoms with Crippen molar-refractivity contribution in [2.45, 2.75) is 38.3 Å². The molecule has 0 radical (unpaired) electrons. The molecule has 2 aromatic heterocycles. The van der Waals surface area contributed by atoms with E-state index in [1.807, 2.05) is 0 Å². The molecule has 3 rings (SSSR count). The van der Waals surface area contributed by atoms with Crippen LogP contribution in [0.5, 0.6) is 0 Å². The molecule has 1 fully saturated rings. The van der Waals surface area contributed by atoms with Gasteiger partial charge in [-0.05, 0) is 32.3 Å². The van der Waals surface area contributed by atoms with Crippen LogP contribution in [-0.4, -0.2) is 29.2 Å². The predicted octanol–water partition coefficient (Wildman–Crippen LogP) is 2.98. The van der Waals surface area contributed by atoms with Gasteiger partial charge >= 0.3 is 0 Å². The summed E-state index contributed by atoms with van der Waals surface area (Å²) in [4.78, 5) is 11.0. The molecule has 0 amide bonds. The molecule has 1 aliphatic rings. The third-order valence-electron chi connectivity index (χ3n) is 3.51. The maximum Gasteiger partial charge on any atom is 0.138 e. The number of fused-ring (bicyclic) bond motifs is 1. The van der Waals surface area contributed by atoms with E-state index in [1.165, 1.54) is 4.88 Å². The van der Waals surface area contributed by atoms with Gasteiger partial charge in [-0.2, -0.15) is 0 Å². The molecule has 18 heavy (non-hydrogen) atoms. The van der Waals surface area contributed by atoms with Gasteiger partial charge in [0.15, 0.2) is 0 Å². The van der Waals surface area contributed by atoms with Crippen LogP contribution < -0.4 is 5.32 Å². The maximum absolute atomic E-state index is 5.40. The lowest BCUT2D eigenvalue weighted by Crippen LogP contribution is -2.18. The van der Waals surface area contributed by atoms with Gasteiger partial charge in [0.1, 0.15) is 17.0 Å². The first-order valence-corrected chi connectivity index (χ1v) is 7.08. The quantitative estimate of drug-likeness (QED) is 0.924. The zero-order chi connectivity index (χ0) is 12.5. The first-order chi connectivity index (χ1) is 8.76. The molecule has 0 aliphatic heterocycles. The first-order valence-electron chi connectivity index (χ1n) is 6.26. The Morgan fingerprint density at radius 3 is 3.06 bits per heavy atom. The zero-order valence-electron chi connectivity index (χ0n) is 10.6. The third kappa shape index (κ3) is 2.20. The normalized spacial score (nSPS) is 23.7. The summed E-state index contributed by atoms with van der Waals surface area (Å²) in [5.74, 6) is 0.964. The molecule has 4 nitrogen and oxygen atoms in total. The number of nitrogens with zero attached hydrogens (tertiary/aromatic N) is 2. The van der Waals surface area contributed by atoms with Gasteiger partial charge in [-0.25, -0.2) is 9.97 Å². The lowest BCUT2D eigenvalue weighted by Gasteiger charge is -2.13. The number of aryl methyl sites for hydroxylation is 1. The fourth-order valence-electron chi connectivity index (χ4n) is 2.57. The highest BCUT2D eigenvalue weighted by atomic mass is 32.1. The molecular formula is C13H17N3OS. The van der Waals surface area contributed by atoms with E-state index in [9.17, 15) is 0 Å². The summed E-state index contributed by atoms with van der Waals surface area (Å²) >= 11 is 1.71. The van der Waals surface area contributed by atoms with Crippen LogP contribution in [0.4, 0.5) is 5.82 Å². The van der Waals surface area contributed by atoms with Crippen LogP contribution in [0.3, 0.4) is 0 Å². The number of hydrogen-bond acceptors (Lipinski definition) is 5. The molecule has 0 spiro atoms. The average molecular weight is 263 g/mol.